The van der Waals surface area contributed by atoms with Gasteiger partial charge in [-0.25, -0.2) is 4.79 Å². The number of carboxylic acid groups (broad SMARTS) is 1. The second-order valence-electron chi connectivity index (χ2n) is 3.84. The number of nitrogens with zero attached hydrogens (tertiary/aromatic N) is 1. The lowest BCUT2D eigenvalue weighted by molar-refractivity contribution is -0.149. The average Bonchev–Trinajstić information content (AvgIpc) is 2.25. The molecule has 8 nitrogen and oxygen atoms in total. The van der Waals surface area contributed by atoms with Gasteiger partial charge in [0.25, 0.3) is 0 Å². The molecule has 18 heavy (non-hydrogen) atoms. The Morgan fingerprint density at radius 3 is 2.50 bits per heavy atom. The molecular weight excluding hydrogens is 238 g/mol. The van der Waals surface area contributed by atoms with Gasteiger partial charge in [0.2, 0.25) is 5.91 Å². The summed E-state index contributed by atoms with van der Waals surface area (Å²) in [7, 11) is 0. The topological polar surface area (TPSA) is 146 Å². The standard InChI is InChI=1S/C10H21N5O3/c1-7(16)15(6-4-11)8(9(17)18)3-2-5-14-10(12)13/h8H,2-6,11H2,1H3,(H,17,18)(H4,12,13,14)/t8-/m1/s1. The van der Waals surface area contributed by atoms with Crippen LogP contribution < -0.4 is 16.8 Å². The van der Waals surface area contributed by atoms with Gasteiger partial charge in [0.1, 0.15) is 6.04 Å². The van der Waals surface area contributed by atoms with Gasteiger partial charge in [-0.15, -0.1) is 0 Å². The van der Waals surface area contributed by atoms with E-state index in [0.717, 1.165) is 0 Å². The number of carbonyl (C=O) groups excluding carboxylic acids is 1. The third kappa shape index (κ3) is 6.04. The first-order chi connectivity index (χ1) is 8.40. The summed E-state index contributed by atoms with van der Waals surface area (Å²) in [6, 6.07) is -0.889. The highest BCUT2D eigenvalue weighted by Gasteiger charge is 2.26. The predicted octanol–water partition coefficient (Wildman–Crippen LogP) is -1.49. The number of nitrogens with two attached hydrogens (primary N) is 2. The minimum atomic E-state index is -1.05. The first-order valence-corrected chi connectivity index (χ1v) is 5.68. The second-order valence-corrected chi connectivity index (χ2v) is 3.84. The van der Waals surface area contributed by atoms with Crippen LogP contribution in [-0.2, 0) is 9.59 Å². The van der Waals surface area contributed by atoms with Crippen LogP contribution in [0.4, 0.5) is 0 Å². The van der Waals surface area contributed by atoms with Crippen LogP contribution >= 0.6 is 0 Å². The van der Waals surface area contributed by atoms with Gasteiger partial charge >= 0.3 is 5.97 Å². The van der Waals surface area contributed by atoms with Crippen molar-refractivity contribution in [2.24, 2.45) is 11.5 Å². The quantitative estimate of drug-likeness (QED) is 0.204. The molecule has 0 radical (unpaired) electrons. The van der Waals surface area contributed by atoms with Crippen LogP contribution in [0.25, 0.3) is 0 Å². The van der Waals surface area contributed by atoms with E-state index >= 15 is 0 Å². The van der Waals surface area contributed by atoms with Crippen molar-refractivity contribution < 1.29 is 14.7 Å². The minimum Gasteiger partial charge on any atom is -0.480 e. The van der Waals surface area contributed by atoms with Crippen molar-refractivity contribution in [2.45, 2.75) is 25.8 Å². The molecule has 0 saturated heterocycles. The third-order valence-corrected chi connectivity index (χ3v) is 2.41. The van der Waals surface area contributed by atoms with Crippen LogP contribution in [0.1, 0.15) is 19.8 Å². The Labute approximate surface area is 106 Å². The summed E-state index contributed by atoms with van der Waals surface area (Å²) >= 11 is 0. The van der Waals surface area contributed by atoms with E-state index in [9.17, 15) is 9.59 Å². The molecule has 0 aromatic rings. The Bertz CT molecular complexity index is 308. The number of carboxylic acids is 1. The molecule has 0 aliphatic heterocycles. The lowest BCUT2D eigenvalue weighted by Gasteiger charge is -2.27. The fourth-order valence-corrected chi connectivity index (χ4v) is 1.60. The fraction of sp³-hybridized carbons (Fsp3) is 0.700. The van der Waals surface area contributed by atoms with Gasteiger partial charge in [0.15, 0.2) is 5.96 Å². The normalized spacial score (nSPS) is 11.7. The molecule has 8 heteroatoms. The Balaban J connectivity index is 4.39. The number of hydrogen-bond donors (Lipinski definition) is 5. The van der Waals surface area contributed by atoms with Crippen LogP contribution in [0.5, 0.6) is 0 Å². The first-order valence-electron chi connectivity index (χ1n) is 5.68. The van der Waals surface area contributed by atoms with E-state index < -0.39 is 12.0 Å². The molecule has 1 amide bonds. The summed E-state index contributed by atoms with van der Waals surface area (Å²) in [6.45, 7) is 2.15. The molecule has 7 N–H and O–H groups in total. The van der Waals surface area contributed by atoms with E-state index in [1.165, 1.54) is 11.8 Å². The Morgan fingerprint density at radius 2 is 2.11 bits per heavy atom. The molecular formula is C10H21N5O3. The average molecular weight is 259 g/mol. The maximum atomic E-state index is 11.4. The van der Waals surface area contributed by atoms with Crippen LogP contribution in [0.3, 0.4) is 0 Å². The van der Waals surface area contributed by atoms with Crippen molar-refractivity contribution >= 4 is 17.8 Å². The largest absolute Gasteiger partial charge is 0.480 e. The lowest BCUT2D eigenvalue weighted by Crippen LogP contribution is -2.46. The number of nitrogens with one attached hydrogen (secondary N) is 2. The number of carbonyl (C=O) groups is 2. The Hall–Kier alpha value is -1.83. The molecule has 0 aromatic heterocycles. The molecule has 0 unspecified atom stereocenters. The Kier molecular flexibility index (Phi) is 7.45. The second kappa shape index (κ2) is 8.29. The lowest BCUT2D eigenvalue weighted by atomic mass is 10.1. The highest BCUT2D eigenvalue weighted by Crippen LogP contribution is 2.07. The Morgan fingerprint density at radius 1 is 1.50 bits per heavy atom. The minimum absolute atomic E-state index is 0.160. The van der Waals surface area contributed by atoms with E-state index in [-0.39, 0.29) is 31.4 Å². The van der Waals surface area contributed by atoms with E-state index in [4.69, 9.17) is 22.0 Å². The summed E-state index contributed by atoms with van der Waals surface area (Å²) in [6.07, 6.45) is 0.778. The number of rotatable bonds is 8. The summed E-state index contributed by atoms with van der Waals surface area (Å²) < 4.78 is 0. The van der Waals surface area contributed by atoms with Crippen LogP contribution in [-0.4, -0.2) is 53.5 Å². The van der Waals surface area contributed by atoms with Gasteiger partial charge in [-0.2, -0.15) is 0 Å². The molecule has 104 valence electrons. The zero-order valence-electron chi connectivity index (χ0n) is 10.5. The number of aliphatic carboxylic acids is 1. The van der Waals surface area contributed by atoms with Crippen molar-refractivity contribution in [3.63, 3.8) is 0 Å². The molecule has 0 bridgehead atoms. The third-order valence-electron chi connectivity index (χ3n) is 2.41. The van der Waals surface area contributed by atoms with Crippen molar-refractivity contribution in [1.82, 2.24) is 10.2 Å². The van der Waals surface area contributed by atoms with Gasteiger partial charge in [0, 0.05) is 26.6 Å². The molecule has 0 saturated carbocycles. The monoisotopic (exact) mass is 259 g/mol. The fourth-order valence-electron chi connectivity index (χ4n) is 1.60. The number of guanidine groups is 1. The van der Waals surface area contributed by atoms with Crippen molar-refractivity contribution in [3.8, 4) is 0 Å². The smallest absolute Gasteiger partial charge is 0.326 e. The zero-order chi connectivity index (χ0) is 14.1. The highest BCUT2D eigenvalue weighted by atomic mass is 16.4. The summed E-state index contributed by atoms with van der Waals surface area (Å²) in [5.41, 5.74) is 10.5. The molecule has 0 rings (SSSR count). The summed E-state index contributed by atoms with van der Waals surface area (Å²) in [4.78, 5) is 23.7. The van der Waals surface area contributed by atoms with E-state index in [1.807, 2.05) is 0 Å². The molecule has 0 heterocycles. The number of hydrogen-bond acceptors (Lipinski definition) is 4. The van der Waals surface area contributed by atoms with Gasteiger partial charge in [-0.05, 0) is 12.8 Å². The van der Waals surface area contributed by atoms with Crippen LogP contribution in [0, 0.1) is 5.41 Å². The molecule has 0 fully saturated rings. The zero-order valence-corrected chi connectivity index (χ0v) is 10.5. The van der Waals surface area contributed by atoms with Gasteiger partial charge in [0.05, 0.1) is 0 Å². The molecule has 0 aromatic carbocycles. The predicted molar refractivity (Wildman–Crippen MR) is 67.0 cm³/mol. The van der Waals surface area contributed by atoms with Gasteiger partial charge in [-0.1, -0.05) is 0 Å². The van der Waals surface area contributed by atoms with E-state index in [2.05, 4.69) is 5.32 Å². The van der Waals surface area contributed by atoms with Gasteiger partial charge in [-0.3, -0.25) is 10.2 Å². The van der Waals surface area contributed by atoms with Crippen LogP contribution in [0.2, 0.25) is 0 Å². The number of amides is 1. The highest BCUT2D eigenvalue weighted by molar-refractivity contribution is 5.82. The van der Waals surface area contributed by atoms with E-state index in [1.54, 1.807) is 0 Å². The van der Waals surface area contributed by atoms with Crippen molar-refractivity contribution in [1.29, 1.82) is 5.41 Å². The van der Waals surface area contributed by atoms with E-state index in [0.29, 0.717) is 13.0 Å². The van der Waals surface area contributed by atoms with Crippen molar-refractivity contribution in [3.05, 3.63) is 0 Å². The van der Waals surface area contributed by atoms with Gasteiger partial charge < -0.3 is 26.8 Å². The molecule has 1 atom stereocenters. The summed E-state index contributed by atoms with van der Waals surface area (Å²) in [5, 5.41) is 18.6. The first kappa shape index (κ1) is 16.2. The maximum absolute atomic E-state index is 11.4. The molecule has 0 spiro atoms. The SMILES string of the molecule is CC(=O)N(CCN)[C@H](CCCNC(=N)N)C(=O)O. The molecule has 0 aliphatic rings. The molecule has 0 aliphatic carbocycles. The van der Waals surface area contributed by atoms with Crippen LogP contribution in [0.15, 0.2) is 0 Å². The van der Waals surface area contributed by atoms with Crippen molar-refractivity contribution in [2.75, 3.05) is 19.6 Å². The summed E-state index contributed by atoms with van der Waals surface area (Å²) in [5.74, 6) is -1.53. The maximum Gasteiger partial charge on any atom is 0.326 e.